The summed E-state index contributed by atoms with van der Waals surface area (Å²) in [6.45, 7) is 2.86. The van der Waals surface area contributed by atoms with E-state index >= 15 is 0 Å². The second-order valence-electron chi connectivity index (χ2n) is 4.40. The number of rotatable bonds is 4. The van der Waals surface area contributed by atoms with Crippen molar-refractivity contribution < 1.29 is 5.11 Å². The molecule has 0 radical (unpaired) electrons. The molecule has 0 bridgehead atoms. The molecule has 0 saturated heterocycles. The third-order valence-corrected chi connectivity index (χ3v) is 3.06. The lowest BCUT2D eigenvalue weighted by Gasteiger charge is -2.28. The van der Waals surface area contributed by atoms with E-state index in [2.05, 4.69) is 20.6 Å². The van der Waals surface area contributed by atoms with E-state index < -0.39 is 0 Å². The first-order chi connectivity index (χ1) is 8.29. The smallest absolute Gasteiger partial charge is 0.224 e. The highest BCUT2D eigenvalue weighted by Gasteiger charge is 2.23. The van der Waals surface area contributed by atoms with Gasteiger partial charge in [0.05, 0.1) is 12.1 Å². The molecule has 0 unspecified atom stereocenters. The summed E-state index contributed by atoms with van der Waals surface area (Å²) in [5.41, 5.74) is 0. The maximum atomic E-state index is 9.87. The maximum absolute atomic E-state index is 9.87. The first-order valence-corrected chi connectivity index (χ1v) is 6.31. The third-order valence-electron chi connectivity index (χ3n) is 3.06. The van der Waals surface area contributed by atoms with Crippen molar-refractivity contribution >= 4 is 11.8 Å². The van der Waals surface area contributed by atoms with E-state index in [4.69, 9.17) is 0 Å². The Balaban J connectivity index is 1.99. The monoisotopic (exact) mass is 236 g/mol. The Kier molecular flexibility index (Phi) is 4.14. The molecular formula is C12H20N4O. The van der Waals surface area contributed by atoms with Crippen molar-refractivity contribution in [3.63, 3.8) is 0 Å². The molecule has 1 aliphatic carbocycles. The van der Waals surface area contributed by atoms with Crippen LogP contribution in [0.3, 0.4) is 0 Å². The molecular weight excluding hydrogens is 216 g/mol. The summed E-state index contributed by atoms with van der Waals surface area (Å²) in [7, 11) is 0. The van der Waals surface area contributed by atoms with Gasteiger partial charge >= 0.3 is 0 Å². The van der Waals surface area contributed by atoms with Gasteiger partial charge in [0, 0.05) is 12.7 Å². The van der Waals surface area contributed by atoms with Crippen molar-refractivity contribution in [1.29, 1.82) is 0 Å². The summed E-state index contributed by atoms with van der Waals surface area (Å²) >= 11 is 0. The highest BCUT2D eigenvalue weighted by Crippen LogP contribution is 2.21. The van der Waals surface area contributed by atoms with E-state index in [0.717, 1.165) is 38.0 Å². The molecule has 0 amide bonds. The fourth-order valence-corrected chi connectivity index (χ4v) is 2.15. The topological polar surface area (TPSA) is 70.1 Å². The van der Waals surface area contributed by atoms with Gasteiger partial charge in [-0.15, -0.1) is 0 Å². The fraction of sp³-hybridized carbons (Fsp3) is 0.667. The van der Waals surface area contributed by atoms with Crippen LogP contribution in [-0.4, -0.2) is 33.8 Å². The third kappa shape index (κ3) is 3.30. The first kappa shape index (κ1) is 12.1. The molecule has 0 aliphatic heterocycles. The predicted molar refractivity (Wildman–Crippen MR) is 68.1 cm³/mol. The molecule has 2 atom stereocenters. The lowest BCUT2D eigenvalue weighted by atomic mass is 9.93. The number of hydrogen-bond donors (Lipinski definition) is 3. The van der Waals surface area contributed by atoms with E-state index in [-0.39, 0.29) is 12.1 Å². The summed E-state index contributed by atoms with van der Waals surface area (Å²) in [6.07, 6.45) is 5.55. The van der Waals surface area contributed by atoms with Crippen molar-refractivity contribution in [2.24, 2.45) is 0 Å². The normalized spacial score (nSPS) is 24.4. The van der Waals surface area contributed by atoms with Crippen LogP contribution in [0, 0.1) is 0 Å². The number of aliphatic hydroxyl groups is 1. The summed E-state index contributed by atoms with van der Waals surface area (Å²) in [5, 5.41) is 16.2. The molecule has 0 spiro atoms. The Morgan fingerprint density at radius 3 is 3.00 bits per heavy atom. The summed E-state index contributed by atoms with van der Waals surface area (Å²) in [5.74, 6) is 1.41. The Morgan fingerprint density at radius 1 is 1.41 bits per heavy atom. The lowest BCUT2D eigenvalue weighted by molar-refractivity contribution is 0.116. The predicted octanol–water partition coefficient (Wildman–Crippen LogP) is 1.62. The van der Waals surface area contributed by atoms with Crippen LogP contribution in [0.15, 0.2) is 12.3 Å². The first-order valence-electron chi connectivity index (χ1n) is 6.31. The average Bonchev–Trinajstić information content (AvgIpc) is 2.33. The Labute approximate surface area is 102 Å². The zero-order chi connectivity index (χ0) is 12.1. The molecule has 1 heterocycles. The summed E-state index contributed by atoms with van der Waals surface area (Å²) < 4.78 is 0. The second kappa shape index (κ2) is 5.82. The van der Waals surface area contributed by atoms with Crippen LogP contribution < -0.4 is 10.6 Å². The van der Waals surface area contributed by atoms with E-state index in [1.165, 1.54) is 0 Å². The molecule has 0 aromatic carbocycles. The number of nitrogens with one attached hydrogen (secondary N) is 2. The van der Waals surface area contributed by atoms with Gasteiger partial charge in [-0.1, -0.05) is 12.8 Å². The van der Waals surface area contributed by atoms with Gasteiger partial charge in [-0.05, 0) is 25.8 Å². The van der Waals surface area contributed by atoms with Crippen molar-refractivity contribution in [3.8, 4) is 0 Å². The highest BCUT2D eigenvalue weighted by atomic mass is 16.3. The zero-order valence-corrected chi connectivity index (χ0v) is 10.2. The van der Waals surface area contributed by atoms with Crippen LogP contribution in [0.5, 0.6) is 0 Å². The Hall–Kier alpha value is -1.36. The summed E-state index contributed by atoms with van der Waals surface area (Å²) in [4.78, 5) is 8.52. The van der Waals surface area contributed by atoms with Crippen LogP contribution >= 0.6 is 0 Å². The molecule has 1 fully saturated rings. The number of aliphatic hydroxyl groups excluding tert-OH is 1. The van der Waals surface area contributed by atoms with Crippen LogP contribution in [0.4, 0.5) is 11.8 Å². The quantitative estimate of drug-likeness (QED) is 0.741. The van der Waals surface area contributed by atoms with Crippen molar-refractivity contribution in [1.82, 2.24) is 9.97 Å². The average molecular weight is 236 g/mol. The number of aromatic nitrogens is 2. The number of anilines is 2. The van der Waals surface area contributed by atoms with Gasteiger partial charge in [0.15, 0.2) is 0 Å². The maximum Gasteiger partial charge on any atom is 0.224 e. The van der Waals surface area contributed by atoms with Gasteiger partial charge < -0.3 is 15.7 Å². The van der Waals surface area contributed by atoms with Gasteiger partial charge in [-0.3, -0.25) is 0 Å². The molecule has 2 rings (SSSR count). The highest BCUT2D eigenvalue weighted by molar-refractivity contribution is 5.39. The molecule has 17 heavy (non-hydrogen) atoms. The number of nitrogens with zero attached hydrogens (tertiary/aromatic N) is 2. The Morgan fingerprint density at radius 2 is 2.24 bits per heavy atom. The fourth-order valence-electron chi connectivity index (χ4n) is 2.15. The summed E-state index contributed by atoms with van der Waals surface area (Å²) in [6, 6.07) is 1.92. The number of hydrogen-bond acceptors (Lipinski definition) is 5. The van der Waals surface area contributed by atoms with Crippen LogP contribution in [0.25, 0.3) is 0 Å². The van der Waals surface area contributed by atoms with Crippen LogP contribution in [-0.2, 0) is 0 Å². The standard InChI is InChI=1S/C12H20N4O/c1-2-13-11-7-8-14-12(16-11)15-9-5-3-4-6-10(9)17/h7-10,17H,2-6H2,1H3,(H2,13,14,15,16)/t9-,10-/m0/s1. The molecule has 1 aromatic rings. The molecule has 94 valence electrons. The van der Waals surface area contributed by atoms with Gasteiger partial charge in [0.1, 0.15) is 5.82 Å². The van der Waals surface area contributed by atoms with Crippen molar-refractivity contribution in [2.75, 3.05) is 17.2 Å². The van der Waals surface area contributed by atoms with E-state index in [1.807, 2.05) is 13.0 Å². The molecule has 3 N–H and O–H groups in total. The lowest BCUT2D eigenvalue weighted by Crippen LogP contribution is -2.36. The van der Waals surface area contributed by atoms with Gasteiger partial charge in [-0.25, -0.2) is 4.98 Å². The minimum Gasteiger partial charge on any atom is -0.391 e. The molecule has 1 aliphatic rings. The van der Waals surface area contributed by atoms with Gasteiger partial charge in [-0.2, -0.15) is 4.98 Å². The molecule has 1 saturated carbocycles. The SMILES string of the molecule is CCNc1ccnc(N[C@H]2CCCC[C@@H]2O)n1. The molecule has 1 aromatic heterocycles. The van der Waals surface area contributed by atoms with Crippen LogP contribution in [0.1, 0.15) is 32.6 Å². The minimum absolute atomic E-state index is 0.0839. The van der Waals surface area contributed by atoms with E-state index in [0.29, 0.717) is 5.95 Å². The zero-order valence-electron chi connectivity index (χ0n) is 10.2. The van der Waals surface area contributed by atoms with E-state index in [1.54, 1.807) is 6.20 Å². The molecule has 5 nitrogen and oxygen atoms in total. The van der Waals surface area contributed by atoms with Gasteiger partial charge in [0.25, 0.3) is 0 Å². The van der Waals surface area contributed by atoms with Gasteiger partial charge in [0.2, 0.25) is 5.95 Å². The molecule has 5 heteroatoms. The minimum atomic E-state index is -0.282. The second-order valence-corrected chi connectivity index (χ2v) is 4.40. The largest absolute Gasteiger partial charge is 0.391 e. The Bertz CT molecular complexity index is 358. The van der Waals surface area contributed by atoms with Crippen molar-refractivity contribution in [2.45, 2.75) is 44.8 Å². The van der Waals surface area contributed by atoms with E-state index in [9.17, 15) is 5.11 Å². The van der Waals surface area contributed by atoms with Crippen LogP contribution in [0.2, 0.25) is 0 Å². The van der Waals surface area contributed by atoms with Crippen molar-refractivity contribution in [3.05, 3.63) is 12.3 Å².